The summed E-state index contributed by atoms with van der Waals surface area (Å²) in [4.78, 5) is 17.0. The summed E-state index contributed by atoms with van der Waals surface area (Å²) in [7, 11) is 0. The van der Waals surface area contributed by atoms with Gasteiger partial charge in [-0.15, -0.1) is 0 Å². The van der Waals surface area contributed by atoms with Gasteiger partial charge in [0.05, 0.1) is 6.42 Å². The van der Waals surface area contributed by atoms with E-state index in [1.165, 1.54) is 5.56 Å². The van der Waals surface area contributed by atoms with Gasteiger partial charge in [-0.05, 0) is 29.7 Å². The number of carbonyl (C=O) groups excluding carboxylic acids is 1. The standard InChI is InChI=1S/C20H22Cl2N2O/c21-18-8-4-9-19(22)17(18)14-20(25)24-11-5-10-23(12-13-24)15-16-6-2-1-3-7-16/h1-4,6-9H,5,10-15H2. The van der Waals surface area contributed by atoms with Crippen molar-refractivity contribution >= 4 is 29.1 Å². The van der Waals surface area contributed by atoms with Crippen LogP contribution in [0.4, 0.5) is 0 Å². The maximum Gasteiger partial charge on any atom is 0.227 e. The lowest BCUT2D eigenvalue weighted by atomic mass is 10.1. The van der Waals surface area contributed by atoms with Crippen LogP contribution in [-0.2, 0) is 17.8 Å². The minimum Gasteiger partial charge on any atom is -0.341 e. The zero-order chi connectivity index (χ0) is 17.6. The predicted octanol–water partition coefficient (Wildman–Crippen LogP) is 4.27. The predicted molar refractivity (Wildman–Crippen MR) is 103 cm³/mol. The number of amides is 1. The molecule has 25 heavy (non-hydrogen) atoms. The summed E-state index contributed by atoms with van der Waals surface area (Å²) in [5.41, 5.74) is 2.03. The van der Waals surface area contributed by atoms with Gasteiger partial charge in [-0.1, -0.05) is 59.6 Å². The van der Waals surface area contributed by atoms with E-state index in [-0.39, 0.29) is 12.3 Å². The first kappa shape index (κ1) is 18.2. The van der Waals surface area contributed by atoms with E-state index in [1.807, 2.05) is 11.0 Å². The smallest absolute Gasteiger partial charge is 0.227 e. The van der Waals surface area contributed by atoms with Crippen molar-refractivity contribution < 1.29 is 4.79 Å². The van der Waals surface area contributed by atoms with Crippen LogP contribution in [0.25, 0.3) is 0 Å². The number of rotatable bonds is 4. The molecule has 3 nitrogen and oxygen atoms in total. The van der Waals surface area contributed by atoms with E-state index in [1.54, 1.807) is 18.2 Å². The Labute approximate surface area is 159 Å². The first-order chi connectivity index (χ1) is 12.1. The van der Waals surface area contributed by atoms with E-state index in [2.05, 4.69) is 29.2 Å². The van der Waals surface area contributed by atoms with Crippen LogP contribution in [0.1, 0.15) is 17.5 Å². The molecule has 3 rings (SSSR count). The highest BCUT2D eigenvalue weighted by Crippen LogP contribution is 2.25. The Morgan fingerprint density at radius 1 is 0.880 bits per heavy atom. The van der Waals surface area contributed by atoms with Crippen LogP contribution in [0.15, 0.2) is 48.5 Å². The Balaban J connectivity index is 1.58. The van der Waals surface area contributed by atoms with Crippen molar-refractivity contribution in [2.45, 2.75) is 19.4 Å². The molecule has 0 bridgehead atoms. The lowest BCUT2D eigenvalue weighted by molar-refractivity contribution is -0.130. The van der Waals surface area contributed by atoms with Crippen LogP contribution in [0, 0.1) is 0 Å². The molecule has 1 amide bonds. The summed E-state index contributed by atoms with van der Waals surface area (Å²) < 4.78 is 0. The second-order valence-electron chi connectivity index (χ2n) is 6.37. The fraction of sp³-hybridized carbons (Fsp3) is 0.350. The summed E-state index contributed by atoms with van der Waals surface area (Å²) in [5.74, 6) is 0.0940. The normalized spacial score (nSPS) is 15.8. The summed E-state index contributed by atoms with van der Waals surface area (Å²) in [5, 5.41) is 1.11. The molecule has 5 heteroatoms. The fourth-order valence-corrected chi connectivity index (χ4v) is 3.72. The SMILES string of the molecule is O=C(Cc1c(Cl)cccc1Cl)N1CCCN(Cc2ccccc2)CC1. The molecule has 0 radical (unpaired) electrons. The lowest BCUT2D eigenvalue weighted by Crippen LogP contribution is -2.36. The third kappa shape index (κ3) is 4.97. The van der Waals surface area contributed by atoms with E-state index in [0.717, 1.165) is 44.7 Å². The highest BCUT2D eigenvalue weighted by Gasteiger charge is 2.21. The first-order valence-corrected chi connectivity index (χ1v) is 9.36. The van der Waals surface area contributed by atoms with Crippen molar-refractivity contribution in [2.24, 2.45) is 0 Å². The second kappa shape index (κ2) is 8.70. The third-order valence-electron chi connectivity index (χ3n) is 4.58. The number of halogens is 2. The van der Waals surface area contributed by atoms with Gasteiger partial charge >= 0.3 is 0 Å². The number of hydrogen-bond donors (Lipinski definition) is 0. The molecule has 2 aromatic carbocycles. The lowest BCUT2D eigenvalue weighted by Gasteiger charge is -2.22. The molecule has 0 N–H and O–H groups in total. The number of carbonyl (C=O) groups is 1. The van der Waals surface area contributed by atoms with Crippen LogP contribution in [0.2, 0.25) is 10.0 Å². The highest BCUT2D eigenvalue weighted by atomic mass is 35.5. The van der Waals surface area contributed by atoms with E-state index in [9.17, 15) is 4.79 Å². The van der Waals surface area contributed by atoms with Gasteiger partial charge in [0.25, 0.3) is 0 Å². The van der Waals surface area contributed by atoms with Gasteiger partial charge in [0, 0.05) is 42.8 Å². The van der Waals surface area contributed by atoms with Gasteiger partial charge in [0.1, 0.15) is 0 Å². The van der Waals surface area contributed by atoms with Crippen molar-refractivity contribution in [3.63, 3.8) is 0 Å². The first-order valence-electron chi connectivity index (χ1n) is 8.60. The van der Waals surface area contributed by atoms with Gasteiger partial charge in [0.15, 0.2) is 0 Å². The maximum atomic E-state index is 12.7. The average Bonchev–Trinajstić information content (AvgIpc) is 2.85. The van der Waals surface area contributed by atoms with Crippen molar-refractivity contribution in [1.82, 2.24) is 9.80 Å². The van der Waals surface area contributed by atoms with Gasteiger partial charge < -0.3 is 4.90 Å². The van der Waals surface area contributed by atoms with Crippen LogP contribution in [-0.4, -0.2) is 41.9 Å². The molecule has 1 aliphatic rings. The second-order valence-corrected chi connectivity index (χ2v) is 7.19. The van der Waals surface area contributed by atoms with Gasteiger partial charge in [-0.25, -0.2) is 0 Å². The minimum atomic E-state index is 0.0940. The molecule has 1 aliphatic heterocycles. The van der Waals surface area contributed by atoms with Crippen molar-refractivity contribution in [3.8, 4) is 0 Å². The van der Waals surface area contributed by atoms with E-state index in [0.29, 0.717) is 10.0 Å². The van der Waals surface area contributed by atoms with E-state index in [4.69, 9.17) is 23.2 Å². The van der Waals surface area contributed by atoms with Gasteiger partial charge in [0.2, 0.25) is 5.91 Å². The minimum absolute atomic E-state index is 0.0940. The molecule has 0 saturated carbocycles. The van der Waals surface area contributed by atoms with Crippen LogP contribution in [0.5, 0.6) is 0 Å². The van der Waals surface area contributed by atoms with E-state index >= 15 is 0 Å². The molecule has 0 atom stereocenters. The molecule has 0 aromatic heterocycles. The Morgan fingerprint density at radius 2 is 1.60 bits per heavy atom. The molecule has 1 saturated heterocycles. The average molecular weight is 377 g/mol. The van der Waals surface area contributed by atoms with Crippen LogP contribution >= 0.6 is 23.2 Å². The third-order valence-corrected chi connectivity index (χ3v) is 5.29. The summed E-state index contributed by atoms with van der Waals surface area (Å²) in [6.07, 6.45) is 1.24. The topological polar surface area (TPSA) is 23.6 Å². The van der Waals surface area contributed by atoms with Crippen LogP contribution in [0.3, 0.4) is 0 Å². The zero-order valence-corrected chi connectivity index (χ0v) is 15.6. The highest BCUT2D eigenvalue weighted by molar-refractivity contribution is 6.36. The molecular formula is C20H22Cl2N2O. The molecule has 1 heterocycles. The Kier molecular flexibility index (Phi) is 6.35. The monoisotopic (exact) mass is 376 g/mol. The molecule has 0 unspecified atom stereocenters. The zero-order valence-electron chi connectivity index (χ0n) is 14.1. The molecule has 0 spiro atoms. The van der Waals surface area contributed by atoms with Crippen molar-refractivity contribution in [3.05, 3.63) is 69.7 Å². The van der Waals surface area contributed by atoms with Gasteiger partial charge in [-0.2, -0.15) is 0 Å². The Hall–Kier alpha value is -1.55. The Bertz CT molecular complexity index is 701. The maximum absolute atomic E-state index is 12.7. The largest absolute Gasteiger partial charge is 0.341 e. The quantitative estimate of drug-likeness (QED) is 0.795. The fourth-order valence-electron chi connectivity index (χ4n) is 3.18. The number of hydrogen-bond acceptors (Lipinski definition) is 2. The Morgan fingerprint density at radius 3 is 2.32 bits per heavy atom. The summed E-state index contributed by atoms with van der Waals surface area (Å²) >= 11 is 12.4. The molecule has 0 aliphatic carbocycles. The molecular weight excluding hydrogens is 355 g/mol. The summed E-state index contributed by atoms with van der Waals surface area (Å²) in [6.45, 7) is 4.35. The molecule has 2 aromatic rings. The van der Waals surface area contributed by atoms with E-state index < -0.39 is 0 Å². The van der Waals surface area contributed by atoms with Crippen LogP contribution < -0.4 is 0 Å². The summed E-state index contributed by atoms with van der Waals surface area (Å²) in [6, 6.07) is 15.8. The molecule has 1 fully saturated rings. The van der Waals surface area contributed by atoms with Crippen molar-refractivity contribution in [1.29, 1.82) is 0 Å². The molecule has 132 valence electrons. The van der Waals surface area contributed by atoms with Crippen molar-refractivity contribution in [2.75, 3.05) is 26.2 Å². The number of benzene rings is 2. The number of nitrogens with zero attached hydrogens (tertiary/aromatic N) is 2. The van der Waals surface area contributed by atoms with Gasteiger partial charge in [-0.3, -0.25) is 9.69 Å².